The molecule has 5 N–H and O–H groups in total. The zero-order valence-electron chi connectivity index (χ0n) is 25.6. The third-order valence-corrected chi connectivity index (χ3v) is 10.1. The number of pyridine rings is 1. The van der Waals surface area contributed by atoms with Crippen LogP contribution in [0.25, 0.3) is 5.69 Å². The molecule has 2 aliphatic rings. The number of aliphatic hydroxyl groups excluding tert-OH is 1. The predicted molar refractivity (Wildman–Crippen MR) is 173 cm³/mol. The lowest BCUT2D eigenvalue weighted by molar-refractivity contribution is 0.146. The number of benzene rings is 2. The third kappa shape index (κ3) is 7.57. The Morgan fingerprint density at radius 1 is 1.04 bits per heavy atom. The van der Waals surface area contributed by atoms with Crippen LogP contribution in [0.3, 0.4) is 0 Å². The molecular weight excluding hydrogens is 608 g/mol. The summed E-state index contributed by atoms with van der Waals surface area (Å²) < 4.78 is 37.8. The minimum Gasteiger partial charge on any atom is -0.489 e. The number of nitrogens with one attached hydrogen (secondary N) is 2. The van der Waals surface area contributed by atoms with Gasteiger partial charge in [0.15, 0.2) is 0 Å². The molecule has 46 heavy (non-hydrogen) atoms. The first-order valence-corrected chi connectivity index (χ1v) is 17.3. The van der Waals surface area contributed by atoms with E-state index in [1.54, 1.807) is 54.7 Å². The Labute approximate surface area is 267 Å². The molecular formula is C32H40N8O5S. The van der Waals surface area contributed by atoms with Gasteiger partial charge in [-0.2, -0.15) is 9.36 Å². The van der Waals surface area contributed by atoms with E-state index in [-0.39, 0.29) is 16.7 Å². The van der Waals surface area contributed by atoms with Crippen LogP contribution in [0.1, 0.15) is 62.2 Å². The standard InChI is InChI=1S/C32H40N8O5S/c33-31-16-8-24(19-35-31)29(41)21-34-20-27-13-7-23-18-28(14-15-30(23)45-27)46(43,44)36-25-9-11-26(12-10-25)40-32(42)39(37-38-40)17-3-6-22-4-1-2-5-22/h8-12,14-16,18-19,22,27,29,34,36,41H,1-7,13,17,20-21H2,(H2,33,35)/t27-,29?/m0/s1. The Bertz CT molecular complexity index is 1780. The number of aryl methyl sites for hydroxylation is 2. The molecule has 6 rings (SSSR count). The molecule has 1 fully saturated rings. The number of ether oxygens (including phenoxy) is 1. The number of nitrogens with zero attached hydrogens (tertiary/aromatic N) is 5. The SMILES string of the molecule is Nc1ccc(C(O)CNC[C@@H]2CCc3cc(S(=O)(=O)Nc4ccc(-n5nnn(CCCC6CCCC6)c5=O)cc4)ccc3O2)cn1. The average Bonchev–Trinajstić information content (AvgIpc) is 3.71. The molecule has 1 saturated carbocycles. The van der Waals surface area contributed by atoms with E-state index in [4.69, 9.17) is 10.5 Å². The summed E-state index contributed by atoms with van der Waals surface area (Å²) >= 11 is 0. The Morgan fingerprint density at radius 3 is 2.61 bits per heavy atom. The molecule has 13 nitrogen and oxygen atoms in total. The highest BCUT2D eigenvalue weighted by molar-refractivity contribution is 7.92. The fourth-order valence-corrected chi connectivity index (χ4v) is 7.24. The normalized spacial score (nSPS) is 17.4. The van der Waals surface area contributed by atoms with Crippen LogP contribution in [0, 0.1) is 5.92 Å². The van der Waals surface area contributed by atoms with E-state index < -0.39 is 16.1 Å². The van der Waals surface area contributed by atoms with E-state index in [9.17, 15) is 18.3 Å². The monoisotopic (exact) mass is 648 g/mol. The van der Waals surface area contributed by atoms with Gasteiger partial charge in [-0.1, -0.05) is 31.7 Å². The summed E-state index contributed by atoms with van der Waals surface area (Å²) in [6.45, 7) is 1.39. The Kier molecular flexibility index (Phi) is 9.66. The maximum Gasteiger partial charge on any atom is 0.368 e. The van der Waals surface area contributed by atoms with Gasteiger partial charge in [0.1, 0.15) is 17.7 Å². The first-order valence-electron chi connectivity index (χ1n) is 15.8. The van der Waals surface area contributed by atoms with Crippen molar-refractivity contribution in [1.82, 2.24) is 30.1 Å². The highest BCUT2D eigenvalue weighted by Gasteiger charge is 2.23. The van der Waals surface area contributed by atoms with Crippen LogP contribution in [0.4, 0.5) is 11.5 Å². The highest BCUT2D eigenvalue weighted by atomic mass is 32.2. The second-order valence-corrected chi connectivity index (χ2v) is 13.8. The zero-order valence-corrected chi connectivity index (χ0v) is 26.4. The molecule has 4 aromatic rings. The molecule has 0 saturated heterocycles. The first kappa shape index (κ1) is 31.7. The van der Waals surface area contributed by atoms with E-state index >= 15 is 0 Å². The quantitative estimate of drug-likeness (QED) is 0.168. The Morgan fingerprint density at radius 2 is 1.85 bits per heavy atom. The van der Waals surface area contributed by atoms with Gasteiger partial charge in [0, 0.05) is 37.1 Å². The second kappa shape index (κ2) is 14.0. The summed E-state index contributed by atoms with van der Waals surface area (Å²) in [5.74, 6) is 1.79. The molecule has 0 radical (unpaired) electrons. The van der Waals surface area contributed by atoms with Crippen LogP contribution < -0.4 is 26.2 Å². The summed E-state index contributed by atoms with van der Waals surface area (Å²) in [5, 5.41) is 21.7. The number of aliphatic hydroxyl groups is 1. The molecule has 0 spiro atoms. The van der Waals surface area contributed by atoms with Gasteiger partial charge in [0.25, 0.3) is 10.0 Å². The highest BCUT2D eigenvalue weighted by Crippen LogP contribution is 2.31. The van der Waals surface area contributed by atoms with Crippen molar-refractivity contribution in [2.45, 2.75) is 75.0 Å². The lowest BCUT2D eigenvalue weighted by atomic mass is 10.0. The first-order chi connectivity index (χ1) is 22.2. The molecule has 1 unspecified atom stereocenters. The smallest absolute Gasteiger partial charge is 0.368 e. The number of anilines is 2. The Balaban J connectivity index is 1.01. The van der Waals surface area contributed by atoms with Crippen molar-refractivity contribution in [2.75, 3.05) is 23.5 Å². The maximum absolute atomic E-state index is 13.2. The van der Waals surface area contributed by atoms with Gasteiger partial charge in [-0.3, -0.25) is 4.72 Å². The number of rotatable bonds is 13. The van der Waals surface area contributed by atoms with E-state index in [0.29, 0.717) is 61.0 Å². The molecule has 3 heterocycles. The van der Waals surface area contributed by atoms with Crippen LogP contribution in [0.15, 0.2) is 70.5 Å². The molecule has 1 aliphatic heterocycles. The van der Waals surface area contributed by atoms with Gasteiger partial charge in [0.05, 0.1) is 16.7 Å². The lowest BCUT2D eigenvalue weighted by Crippen LogP contribution is -2.36. The van der Waals surface area contributed by atoms with Crippen molar-refractivity contribution in [3.05, 3.63) is 82.4 Å². The van der Waals surface area contributed by atoms with Crippen molar-refractivity contribution in [3.63, 3.8) is 0 Å². The molecule has 244 valence electrons. The zero-order chi connectivity index (χ0) is 32.1. The number of nitrogen functional groups attached to an aromatic ring is 1. The van der Waals surface area contributed by atoms with Crippen LogP contribution in [-0.4, -0.2) is 57.5 Å². The van der Waals surface area contributed by atoms with E-state index in [1.807, 2.05) is 0 Å². The average molecular weight is 649 g/mol. The Hall–Kier alpha value is -4.27. The molecule has 1 aliphatic carbocycles. The summed E-state index contributed by atoms with van der Waals surface area (Å²) in [7, 11) is -3.87. The minimum absolute atomic E-state index is 0.116. The number of sulfonamides is 1. The van der Waals surface area contributed by atoms with Gasteiger partial charge >= 0.3 is 5.69 Å². The number of hydrogen-bond donors (Lipinski definition) is 4. The lowest BCUT2D eigenvalue weighted by Gasteiger charge is -2.27. The minimum atomic E-state index is -3.87. The number of tetrazole rings is 1. The largest absolute Gasteiger partial charge is 0.489 e. The van der Waals surface area contributed by atoms with Crippen molar-refractivity contribution in [2.24, 2.45) is 5.92 Å². The fourth-order valence-electron chi connectivity index (χ4n) is 6.13. The van der Waals surface area contributed by atoms with Crippen LogP contribution in [0.2, 0.25) is 0 Å². The summed E-state index contributed by atoms with van der Waals surface area (Å²) in [6.07, 6.45) is 9.21. The molecule has 0 amide bonds. The van der Waals surface area contributed by atoms with E-state index in [1.165, 1.54) is 41.1 Å². The number of nitrogens with two attached hydrogens (primary N) is 1. The van der Waals surface area contributed by atoms with Gasteiger partial charge < -0.3 is 20.9 Å². The van der Waals surface area contributed by atoms with Gasteiger partial charge in [-0.15, -0.1) is 0 Å². The van der Waals surface area contributed by atoms with Gasteiger partial charge in [-0.05, 0) is 96.1 Å². The van der Waals surface area contributed by atoms with Crippen molar-refractivity contribution in [3.8, 4) is 11.4 Å². The molecule has 2 aromatic carbocycles. The van der Waals surface area contributed by atoms with Crippen LogP contribution >= 0.6 is 0 Å². The predicted octanol–water partition coefficient (Wildman–Crippen LogP) is 3.19. The van der Waals surface area contributed by atoms with Crippen molar-refractivity contribution >= 4 is 21.5 Å². The topological polar surface area (TPSA) is 179 Å². The summed E-state index contributed by atoms with van der Waals surface area (Å²) in [4.78, 5) is 17.0. The summed E-state index contributed by atoms with van der Waals surface area (Å²) in [5.41, 5.74) is 7.64. The summed E-state index contributed by atoms with van der Waals surface area (Å²) in [6, 6.07) is 14.7. The van der Waals surface area contributed by atoms with Crippen LogP contribution in [-0.2, 0) is 23.0 Å². The van der Waals surface area contributed by atoms with Crippen LogP contribution in [0.5, 0.6) is 5.75 Å². The molecule has 14 heteroatoms. The third-order valence-electron chi connectivity index (χ3n) is 8.74. The maximum atomic E-state index is 13.2. The van der Waals surface area contributed by atoms with Gasteiger partial charge in [-0.25, -0.2) is 18.2 Å². The number of aromatic nitrogens is 5. The fraction of sp³-hybridized carbons (Fsp3) is 0.438. The molecule has 2 atom stereocenters. The van der Waals surface area contributed by atoms with Gasteiger partial charge in [0.2, 0.25) is 0 Å². The number of fused-ring (bicyclic) bond motifs is 1. The van der Waals surface area contributed by atoms with Crippen molar-refractivity contribution < 1.29 is 18.3 Å². The van der Waals surface area contributed by atoms with E-state index in [0.717, 1.165) is 24.3 Å². The molecule has 0 bridgehead atoms. The molecule has 2 aromatic heterocycles. The number of hydrogen-bond acceptors (Lipinski definition) is 10. The van der Waals surface area contributed by atoms with E-state index in [2.05, 4.69) is 25.4 Å². The second-order valence-electron chi connectivity index (χ2n) is 12.1. The van der Waals surface area contributed by atoms with Crippen molar-refractivity contribution in [1.29, 1.82) is 0 Å².